The summed E-state index contributed by atoms with van der Waals surface area (Å²) in [5, 5.41) is 12.1. The number of carbonyl (C=O) groups is 1. The van der Waals surface area contributed by atoms with Gasteiger partial charge in [0.15, 0.2) is 0 Å². The van der Waals surface area contributed by atoms with Crippen molar-refractivity contribution in [2.75, 3.05) is 13.1 Å². The summed E-state index contributed by atoms with van der Waals surface area (Å²) >= 11 is 6.22. The van der Waals surface area contributed by atoms with Gasteiger partial charge in [0.2, 0.25) is 5.88 Å². The summed E-state index contributed by atoms with van der Waals surface area (Å²) in [5.74, 6) is -2.15. The van der Waals surface area contributed by atoms with Gasteiger partial charge in [0, 0.05) is 23.7 Å². The van der Waals surface area contributed by atoms with Crippen molar-refractivity contribution in [3.05, 3.63) is 41.3 Å². The summed E-state index contributed by atoms with van der Waals surface area (Å²) in [7, 11) is 0. The van der Waals surface area contributed by atoms with E-state index in [0.717, 1.165) is 47.4 Å². The number of fused-ring (bicyclic) bond motifs is 1. The highest BCUT2D eigenvalue weighted by Gasteiger charge is 2.38. The minimum atomic E-state index is -5.08. The summed E-state index contributed by atoms with van der Waals surface area (Å²) in [6.07, 6.45) is -0.222. The van der Waals surface area contributed by atoms with Crippen LogP contribution in [0.5, 0.6) is 5.88 Å². The van der Waals surface area contributed by atoms with E-state index in [2.05, 4.69) is 20.3 Å². The molecule has 30 heavy (non-hydrogen) atoms. The van der Waals surface area contributed by atoms with Gasteiger partial charge in [-0.05, 0) is 26.0 Å². The largest absolute Gasteiger partial charge is 0.490 e. The Kier molecular flexibility index (Phi) is 6.47. The molecule has 1 aliphatic heterocycles. The highest BCUT2D eigenvalue weighted by atomic mass is 35.5. The highest BCUT2D eigenvalue weighted by molar-refractivity contribution is 6.35. The topological polar surface area (TPSA) is 100 Å². The number of alkyl halides is 3. The van der Waals surface area contributed by atoms with Crippen molar-refractivity contribution < 1.29 is 27.8 Å². The average molecular weight is 443 g/mol. The van der Waals surface area contributed by atoms with Crippen LogP contribution in [0, 0.1) is 6.92 Å². The van der Waals surface area contributed by atoms with Crippen LogP contribution in [-0.4, -0.2) is 51.4 Å². The molecule has 0 bridgehead atoms. The van der Waals surface area contributed by atoms with E-state index in [1.807, 2.05) is 31.3 Å². The number of nitrogens with zero attached hydrogens (tertiary/aromatic N) is 2. The van der Waals surface area contributed by atoms with E-state index in [1.165, 1.54) is 0 Å². The minimum Gasteiger partial charge on any atom is -0.475 e. The summed E-state index contributed by atoms with van der Waals surface area (Å²) in [6, 6.07) is 5.83. The van der Waals surface area contributed by atoms with Crippen LogP contribution in [-0.2, 0) is 4.79 Å². The van der Waals surface area contributed by atoms with E-state index >= 15 is 0 Å². The van der Waals surface area contributed by atoms with Gasteiger partial charge < -0.3 is 20.1 Å². The molecule has 3 N–H and O–H groups in total. The van der Waals surface area contributed by atoms with Crippen molar-refractivity contribution in [1.82, 2.24) is 20.3 Å². The molecule has 11 heteroatoms. The average Bonchev–Trinajstić information content (AvgIpc) is 3.33. The smallest absolute Gasteiger partial charge is 0.475 e. The number of rotatable bonds is 3. The molecule has 0 amide bonds. The van der Waals surface area contributed by atoms with Crippen molar-refractivity contribution >= 4 is 28.5 Å². The number of aryl methyl sites for hydroxylation is 1. The molecular formula is C19H18ClF3N4O3. The second-order valence-electron chi connectivity index (χ2n) is 6.55. The number of benzene rings is 1. The molecule has 1 atom stereocenters. The Labute approximate surface area is 174 Å². The Bertz CT molecular complexity index is 1050. The van der Waals surface area contributed by atoms with E-state index in [1.54, 1.807) is 6.20 Å². The predicted molar refractivity (Wildman–Crippen MR) is 105 cm³/mol. The van der Waals surface area contributed by atoms with Crippen molar-refractivity contribution in [2.45, 2.75) is 25.6 Å². The van der Waals surface area contributed by atoms with E-state index in [4.69, 9.17) is 26.2 Å². The van der Waals surface area contributed by atoms with Crippen LogP contribution in [0.25, 0.3) is 22.2 Å². The quantitative estimate of drug-likeness (QED) is 0.567. The highest BCUT2D eigenvalue weighted by Crippen LogP contribution is 2.31. The van der Waals surface area contributed by atoms with Gasteiger partial charge in [-0.3, -0.25) is 0 Å². The zero-order valence-electron chi connectivity index (χ0n) is 15.8. The molecule has 2 aromatic heterocycles. The maximum Gasteiger partial charge on any atom is 0.490 e. The van der Waals surface area contributed by atoms with Crippen molar-refractivity contribution in [1.29, 1.82) is 0 Å². The molecule has 0 saturated carbocycles. The first kappa shape index (κ1) is 21.8. The molecule has 0 radical (unpaired) electrons. The molecule has 1 aromatic carbocycles. The lowest BCUT2D eigenvalue weighted by Crippen LogP contribution is -2.21. The first-order valence-electron chi connectivity index (χ1n) is 8.94. The van der Waals surface area contributed by atoms with Gasteiger partial charge in [-0.2, -0.15) is 13.2 Å². The lowest BCUT2D eigenvalue weighted by molar-refractivity contribution is -0.192. The summed E-state index contributed by atoms with van der Waals surface area (Å²) in [4.78, 5) is 21.2. The Morgan fingerprint density at radius 3 is 2.70 bits per heavy atom. The molecule has 160 valence electrons. The second kappa shape index (κ2) is 8.88. The third-order valence-corrected chi connectivity index (χ3v) is 4.69. The maximum atomic E-state index is 10.6. The fourth-order valence-electron chi connectivity index (χ4n) is 2.93. The number of carboxylic acids is 1. The van der Waals surface area contributed by atoms with E-state index < -0.39 is 12.1 Å². The number of hydrogen-bond acceptors (Lipinski definition) is 5. The fraction of sp³-hybridized carbons (Fsp3) is 0.316. The minimum absolute atomic E-state index is 0.181. The molecule has 0 aliphatic carbocycles. The van der Waals surface area contributed by atoms with E-state index in [-0.39, 0.29) is 6.10 Å². The SMILES string of the molecule is Cc1nc(-c2c[nH]c3c(Cl)cccc23)cnc1OC1CCNC1.O=C(O)C(F)(F)F. The number of para-hydroxylation sites is 1. The second-order valence-corrected chi connectivity index (χ2v) is 6.95. The zero-order valence-corrected chi connectivity index (χ0v) is 16.5. The van der Waals surface area contributed by atoms with Crippen molar-refractivity contribution in [2.24, 2.45) is 0 Å². The molecule has 1 unspecified atom stereocenters. The molecule has 1 saturated heterocycles. The van der Waals surface area contributed by atoms with Crippen molar-refractivity contribution in [3.8, 4) is 17.1 Å². The summed E-state index contributed by atoms with van der Waals surface area (Å²) < 4.78 is 37.7. The predicted octanol–water partition coefficient (Wildman–Crippen LogP) is 3.96. The Morgan fingerprint density at radius 2 is 2.10 bits per heavy atom. The molecule has 3 heterocycles. The van der Waals surface area contributed by atoms with Gasteiger partial charge in [-0.25, -0.2) is 14.8 Å². The van der Waals surface area contributed by atoms with Gasteiger partial charge in [0.05, 0.1) is 22.4 Å². The first-order valence-corrected chi connectivity index (χ1v) is 9.31. The number of ether oxygens (including phenoxy) is 1. The van der Waals surface area contributed by atoms with Gasteiger partial charge >= 0.3 is 12.1 Å². The number of halogens is 4. The van der Waals surface area contributed by atoms with E-state index in [0.29, 0.717) is 10.9 Å². The summed E-state index contributed by atoms with van der Waals surface area (Å²) in [6.45, 7) is 3.78. The number of nitrogens with one attached hydrogen (secondary N) is 2. The molecule has 0 spiro atoms. The Morgan fingerprint density at radius 1 is 1.37 bits per heavy atom. The number of hydrogen-bond donors (Lipinski definition) is 3. The van der Waals surface area contributed by atoms with Crippen LogP contribution < -0.4 is 10.1 Å². The third kappa shape index (κ3) is 5.00. The van der Waals surface area contributed by atoms with Crippen LogP contribution >= 0.6 is 11.6 Å². The number of H-pyrrole nitrogens is 1. The normalized spacial score (nSPS) is 16.2. The first-order chi connectivity index (χ1) is 14.2. The molecular weight excluding hydrogens is 425 g/mol. The van der Waals surface area contributed by atoms with Gasteiger partial charge in [0.1, 0.15) is 11.8 Å². The molecule has 3 aromatic rings. The number of aliphatic carboxylic acids is 1. The standard InChI is InChI=1S/C17H17ClN4O.C2HF3O2/c1-10-17(23-11-5-6-19-7-11)21-9-15(22-10)13-8-20-16-12(13)3-2-4-14(16)18;3-2(4,5)1(6)7/h2-4,8-9,11,19-20H,5-7H2,1H3;(H,6,7). The third-order valence-electron chi connectivity index (χ3n) is 4.38. The van der Waals surface area contributed by atoms with Gasteiger partial charge in [-0.1, -0.05) is 23.7 Å². The van der Waals surface area contributed by atoms with Crippen LogP contribution in [0.15, 0.2) is 30.6 Å². The molecule has 1 fully saturated rings. The number of aromatic nitrogens is 3. The molecule has 7 nitrogen and oxygen atoms in total. The van der Waals surface area contributed by atoms with Crippen LogP contribution in [0.4, 0.5) is 13.2 Å². The van der Waals surface area contributed by atoms with Crippen LogP contribution in [0.3, 0.4) is 0 Å². The van der Waals surface area contributed by atoms with E-state index in [9.17, 15) is 13.2 Å². The van der Waals surface area contributed by atoms with Gasteiger partial charge in [-0.15, -0.1) is 0 Å². The van der Waals surface area contributed by atoms with Crippen LogP contribution in [0.1, 0.15) is 12.1 Å². The lowest BCUT2D eigenvalue weighted by Gasteiger charge is -2.13. The van der Waals surface area contributed by atoms with Gasteiger partial charge in [0.25, 0.3) is 0 Å². The van der Waals surface area contributed by atoms with Crippen molar-refractivity contribution in [3.63, 3.8) is 0 Å². The monoisotopic (exact) mass is 442 g/mol. The molecule has 1 aliphatic rings. The Balaban J connectivity index is 0.000000318. The summed E-state index contributed by atoms with van der Waals surface area (Å²) in [5.41, 5.74) is 3.52. The molecule has 4 rings (SSSR count). The zero-order chi connectivity index (χ0) is 21.9. The lowest BCUT2D eigenvalue weighted by atomic mass is 10.1. The maximum absolute atomic E-state index is 10.6. The number of carboxylic acid groups (broad SMARTS) is 1. The number of aromatic amines is 1. The fourth-order valence-corrected chi connectivity index (χ4v) is 3.16. The Hall–Kier alpha value is -2.85. The van der Waals surface area contributed by atoms with Crippen LogP contribution in [0.2, 0.25) is 5.02 Å².